The summed E-state index contributed by atoms with van der Waals surface area (Å²) in [4.78, 5) is 23.9. The average molecular weight is 328 g/mol. The van der Waals surface area contributed by atoms with Gasteiger partial charge in [-0.25, -0.2) is 0 Å². The molecule has 3 heteroatoms. The summed E-state index contributed by atoms with van der Waals surface area (Å²) < 4.78 is 5.71. The van der Waals surface area contributed by atoms with E-state index in [1.54, 1.807) is 0 Å². The maximum atomic E-state index is 12.4. The highest BCUT2D eigenvalue weighted by Gasteiger charge is 2.81. The van der Waals surface area contributed by atoms with Crippen molar-refractivity contribution in [2.75, 3.05) is 0 Å². The Morgan fingerprint density at radius 3 is 2.67 bits per heavy atom. The fourth-order valence-corrected chi connectivity index (χ4v) is 8.14. The van der Waals surface area contributed by atoms with Gasteiger partial charge in [-0.2, -0.15) is 0 Å². The fraction of sp³-hybridized carbons (Fsp3) is 0.810. The van der Waals surface area contributed by atoms with Gasteiger partial charge in [0.15, 0.2) is 5.78 Å². The highest BCUT2D eigenvalue weighted by Crippen LogP contribution is 2.83. The molecule has 130 valence electrons. The summed E-state index contributed by atoms with van der Waals surface area (Å²) in [7, 11) is 0. The molecule has 0 aromatic rings. The van der Waals surface area contributed by atoms with Gasteiger partial charge >= 0.3 is 5.97 Å². The molecule has 4 saturated carbocycles. The van der Waals surface area contributed by atoms with Crippen LogP contribution in [0.2, 0.25) is 0 Å². The fourth-order valence-electron chi connectivity index (χ4n) is 8.14. The van der Waals surface area contributed by atoms with Crippen molar-refractivity contribution in [2.45, 2.75) is 65.4 Å². The smallest absolute Gasteiger partial charge is 0.302 e. The highest BCUT2D eigenvalue weighted by molar-refractivity contribution is 6.00. The Balaban J connectivity index is 1.46. The van der Waals surface area contributed by atoms with Crippen LogP contribution < -0.4 is 0 Å². The van der Waals surface area contributed by atoms with Gasteiger partial charge in [-0.1, -0.05) is 19.9 Å². The number of fused-ring (bicyclic) bond motifs is 5. The second kappa shape index (κ2) is 4.34. The van der Waals surface area contributed by atoms with E-state index in [1.165, 1.54) is 32.6 Å². The molecular formula is C21H28O3. The molecule has 0 amide bonds. The third-order valence-electron chi connectivity index (χ3n) is 9.18. The van der Waals surface area contributed by atoms with Crippen LogP contribution in [0.5, 0.6) is 0 Å². The van der Waals surface area contributed by atoms with Crippen molar-refractivity contribution in [3.05, 3.63) is 12.2 Å². The first-order chi connectivity index (χ1) is 11.3. The van der Waals surface area contributed by atoms with E-state index in [-0.39, 0.29) is 34.2 Å². The molecule has 0 saturated heterocycles. The van der Waals surface area contributed by atoms with Gasteiger partial charge in [-0.15, -0.1) is 0 Å². The minimum Gasteiger partial charge on any atom is -0.462 e. The number of allylic oxidation sites excluding steroid dienone is 2. The summed E-state index contributed by atoms with van der Waals surface area (Å²) in [6.07, 6.45) is 11.2. The molecule has 0 aliphatic heterocycles. The summed E-state index contributed by atoms with van der Waals surface area (Å²) in [6, 6.07) is 0. The zero-order valence-corrected chi connectivity index (χ0v) is 15.0. The van der Waals surface area contributed by atoms with E-state index in [9.17, 15) is 9.59 Å². The predicted molar refractivity (Wildman–Crippen MR) is 90.0 cm³/mol. The molecule has 5 rings (SSSR count). The first kappa shape index (κ1) is 15.2. The molecule has 0 heterocycles. The number of ketones is 1. The quantitative estimate of drug-likeness (QED) is 0.685. The summed E-state index contributed by atoms with van der Waals surface area (Å²) in [5.41, 5.74) is 0.563. The monoisotopic (exact) mass is 328 g/mol. The van der Waals surface area contributed by atoms with E-state index in [4.69, 9.17) is 4.74 Å². The normalized spacial score (nSPS) is 57.0. The molecular weight excluding hydrogens is 300 g/mol. The third kappa shape index (κ3) is 1.47. The van der Waals surface area contributed by atoms with Gasteiger partial charge in [0.2, 0.25) is 0 Å². The molecule has 5 aliphatic carbocycles. The minimum atomic E-state index is -0.133. The van der Waals surface area contributed by atoms with Crippen molar-refractivity contribution in [3.8, 4) is 0 Å². The summed E-state index contributed by atoms with van der Waals surface area (Å²) in [5, 5.41) is 0. The number of carbonyl (C=O) groups is 2. The van der Waals surface area contributed by atoms with Crippen LogP contribution >= 0.6 is 0 Å². The minimum absolute atomic E-state index is 0.102. The lowest BCUT2D eigenvalue weighted by Crippen LogP contribution is -2.48. The average Bonchev–Trinajstić information content (AvgIpc) is 2.74. The Bertz CT molecular complexity index is 666. The van der Waals surface area contributed by atoms with Gasteiger partial charge in [-0.05, 0) is 67.8 Å². The van der Waals surface area contributed by atoms with Gasteiger partial charge in [0.25, 0.3) is 0 Å². The molecule has 0 radical (unpaired) electrons. The lowest BCUT2D eigenvalue weighted by Gasteiger charge is -2.53. The number of hydrogen-bond donors (Lipinski definition) is 0. The van der Waals surface area contributed by atoms with E-state index in [2.05, 4.69) is 19.9 Å². The van der Waals surface area contributed by atoms with E-state index < -0.39 is 0 Å². The van der Waals surface area contributed by atoms with Crippen LogP contribution in [0.1, 0.15) is 59.3 Å². The van der Waals surface area contributed by atoms with Crippen molar-refractivity contribution in [2.24, 2.45) is 39.9 Å². The maximum Gasteiger partial charge on any atom is 0.302 e. The number of esters is 1. The molecule has 24 heavy (non-hydrogen) atoms. The molecule has 0 bridgehead atoms. The molecule has 4 fully saturated rings. The van der Waals surface area contributed by atoms with Crippen LogP contribution in [-0.4, -0.2) is 17.9 Å². The largest absolute Gasteiger partial charge is 0.462 e. The van der Waals surface area contributed by atoms with Gasteiger partial charge in [-0.3, -0.25) is 9.59 Å². The zero-order valence-electron chi connectivity index (χ0n) is 15.0. The SMILES string of the molecule is CC(=O)OC1CCC2C3CCC45C=CC(=O)C4C5(C)C3CCC12C. The Morgan fingerprint density at radius 2 is 1.92 bits per heavy atom. The van der Waals surface area contributed by atoms with Crippen LogP contribution in [-0.2, 0) is 14.3 Å². The van der Waals surface area contributed by atoms with Gasteiger partial charge < -0.3 is 4.74 Å². The zero-order chi connectivity index (χ0) is 16.9. The van der Waals surface area contributed by atoms with Crippen molar-refractivity contribution < 1.29 is 14.3 Å². The summed E-state index contributed by atoms with van der Waals surface area (Å²) in [6.45, 7) is 6.30. The Kier molecular flexibility index (Phi) is 2.74. The Hall–Kier alpha value is -1.12. The van der Waals surface area contributed by atoms with Gasteiger partial charge in [0.05, 0.1) is 0 Å². The number of carbonyl (C=O) groups excluding carboxylic acids is 2. The number of hydrogen-bond acceptors (Lipinski definition) is 3. The van der Waals surface area contributed by atoms with Crippen LogP contribution in [0.3, 0.4) is 0 Å². The van der Waals surface area contributed by atoms with E-state index in [0.29, 0.717) is 23.5 Å². The molecule has 0 aromatic heterocycles. The standard InChI is InChI=1S/C21H28O3/c1-12(22)24-17-5-4-14-13-6-10-21-11-8-16(23)18(21)20(21,3)15(13)7-9-19(14,17)2/h8,11,13-15,17-18H,4-7,9-10H2,1-3H3. The Labute approximate surface area is 144 Å². The van der Waals surface area contributed by atoms with Crippen molar-refractivity contribution >= 4 is 11.8 Å². The summed E-state index contributed by atoms with van der Waals surface area (Å²) >= 11 is 0. The van der Waals surface area contributed by atoms with E-state index >= 15 is 0 Å². The van der Waals surface area contributed by atoms with Crippen molar-refractivity contribution in [1.29, 1.82) is 0 Å². The topological polar surface area (TPSA) is 43.4 Å². The van der Waals surface area contributed by atoms with Crippen LogP contribution in [0.4, 0.5) is 0 Å². The molecule has 5 aliphatic rings. The van der Waals surface area contributed by atoms with Gasteiger partial charge in [0, 0.05) is 23.7 Å². The molecule has 0 aromatic carbocycles. The van der Waals surface area contributed by atoms with Crippen LogP contribution in [0.25, 0.3) is 0 Å². The first-order valence-corrected chi connectivity index (χ1v) is 9.75. The predicted octanol–water partition coefficient (Wildman–Crippen LogP) is 3.92. The molecule has 8 unspecified atom stereocenters. The number of rotatable bonds is 1. The Morgan fingerprint density at radius 1 is 1.12 bits per heavy atom. The summed E-state index contributed by atoms with van der Waals surface area (Å²) in [5.74, 6) is 2.58. The lowest BCUT2D eigenvalue weighted by molar-refractivity contribution is -0.157. The second-order valence-electron chi connectivity index (χ2n) is 9.63. The molecule has 8 atom stereocenters. The van der Waals surface area contributed by atoms with E-state index in [1.807, 2.05) is 6.08 Å². The maximum absolute atomic E-state index is 12.4. The van der Waals surface area contributed by atoms with Gasteiger partial charge in [0.1, 0.15) is 6.10 Å². The second-order valence-corrected chi connectivity index (χ2v) is 9.63. The molecule has 3 nitrogen and oxygen atoms in total. The molecule has 0 N–H and O–H groups in total. The first-order valence-electron chi connectivity index (χ1n) is 9.75. The third-order valence-corrected chi connectivity index (χ3v) is 9.18. The van der Waals surface area contributed by atoms with Crippen LogP contribution in [0, 0.1) is 39.9 Å². The highest BCUT2D eigenvalue weighted by atomic mass is 16.5. The molecule has 1 spiro atoms. The van der Waals surface area contributed by atoms with Crippen molar-refractivity contribution in [3.63, 3.8) is 0 Å². The van der Waals surface area contributed by atoms with Crippen molar-refractivity contribution in [1.82, 2.24) is 0 Å². The lowest BCUT2D eigenvalue weighted by atomic mass is 9.52. The number of ether oxygens (including phenoxy) is 1. The van der Waals surface area contributed by atoms with E-state index in [0.717, 1.165) is 12.8 Å². The van der Waals surface area contributed by atoms with Crippen LogP contribution in [0.15, 0.2) is 12.2 Å².